The second-order valence-electron chi connectivity index (χ2n) is 4.52. The molecule has 0 radical (unpaired) electrons. The molecule has 0 aliphatic heterocycles. The summed E-state index contributed by atoms with van der Waals surface area (Å²) in [5.41, 5.74) is 0. The first-order chi connectivity index (χ1) is 11.2. The van der Waals surface area contributed by atoms with Crippen molar-refractivity contribution in [3.8, 4) is 0 Å². The van der Waals surface area contributed by atoms with Crippen molar-refractivity contribution in [2.45, 2.75) is 11.6 Å². The van der Waals surface area contributed by atoms with Gasteiger partial charge in [-0.2, -0.15) is 0 Å². The highest BCUT2D eigenvalue weighted by Gasteiger charge is 2.09. The fourth-order valence-electron chi connectivity index (χ4n) is 1.76. The molecule has 3 heterocycles. The molecule has 0 saturated heterocycles. The maximum atomic E-state index is 11.9. The summed E-state index contributed by atoms with van der Waals surface area (Å²) in [6.07, 6.45) is 2.36. The second kappa shape index (κ2) is 7.71. The highest BCUT2D eigenvalue weighted by Crippen LogP contribution is 2.17. The number of thiophene rings is 1. The van der Waals surface area contributed by atoms with Crippen LogP contribution in [-0.2, 0) is 11.2 Å². The van der Waals surface area contributed by atoms with Gasteiger partial charge in [0.1, 0.15) is 11.6 Å². The van der Waals surface area contributed by atoms with E-state index in [2.05, 4.69) is 47.5 Å². The fraction of sp³-hybridized carbons (Fsp3) is 0.143. The maximum Gasteiger partial charge on any atom is 0.236 e. The van der Waals surface area contributed by atoms with Crippen LogP contribution in [0.1, 0.15) is 10.7 Å². The molecule has 3 rings (SSSR count). The molecule has 0 aliphatic rings. The molecule has 3 aromatic rings. The van der Waals surface area contributed by atoms with Crippen LogP contribution < -0.4 is 5.32 Å². The number of carbonyl (C=O) groups is 1. The molecule has 0 unspecified atom stereocenters. The number of nitrogens with zero attached hydrogens (tertiary/aromatic N) is 3. The largest absolute Gasteiger partial charge is 0.310 e. The standard InChI is InChI=1S/C14H12BrN5OS2/c15-9-3-4-11(16-7-9)17-13(21)8-23-14-18-12(19-20-14)6-10-2-1-5-22-10/h1-5,7H,6,8H2,(H,16,17,21)(H,18,19,20). The van der Waals surface area contributed by atoms with Gasteiger partial charge in [0.05, 0.1) is 5.75 Å². The number of thioether (sulfide) groups is 1. The quantitative estimate of drug-likeness (QED) is 0.609. The van der Waals surface area contributed by atoms with E-state index in [0.29, 0.717) is 11.0 Å². The Bertz CT molecular complexity index is 773. The summed E-state index contributed by atoms with van der Waals surface area (Å²) in [6, 6.07) is 7.62. The molecule has 0 aromatic carbocycles. The van der Waals surface area contributed by atoms with Crippen molar-refractivity contribution in [2.24, 2.45) is 0 Å². The van der Waals surface area contributed by atoms with Gasteiger partial charge in [-0.3, -0.25) is 9.89 Å². The average Bonchev–Trinajstić information content (AvgIpc) is 3.20. The topological polar surface area (TPSA) is 83.6 Å². The number of nitrogens with one attached hydrogen (secondary N) is 2. The van der Waals surface area contributed by atoms with Crippen LogP contribution in [0.15, 0.2) is 45.5 Å². The van der Waals surface area contributed by atoms with E-state index in [1.807, 2.05) is 17.5 Å². The number of aromatic amines is 1. The highest BCUT2D eigenvalue weighted by atomic mass is 79.9. The Balaban J connectivity index is 1.49. The first-order valence-corrected chi connectivity index (χ1v) is 9.33. The molecule has 0 atom stereocenters. The zero-order valence-corrected chi connectivity index (χ0v) is 15.0. The summed E-state index contributed by atoms with van der Waals surface area (Å²) >= 11 is 6.26. The zero-order chi connectivity index (χ0) is 16.1. The number of aromatic nitrogens is 4. The van der Waals surface area contributed by atoms with Gasteiger partial charge >= 0.3 is 0 Å². The Labute approximate surface area is 149 Å². The smallest absolute Gasteiger partial charge is 0.236 e. The lowest BCUT2D eigenvalue weighted by atomic mass is 10.3. The van der Waals surface area contributed by atoms with Gasteiger partial charge in [0.2, 0.25) is 11.1 Å². The van der Waals surface area contributed by atoms with Gasteiger partial charge < -0.3 is 5.32 Å². The zero-order valence-electron chi connectivity index (χ0n) is 11.8. The van der Waals surface area contributed by atoms with Crippen LogP contribution in [0.4, 0.5) is 5.82 Å². The monoisotopic (exact) mass is 409 g/mol. The minimum atomic E-state index is -0.144. The molecule has 2 N–H and O–H groups in total. The van der Waals surface area contributed by atoms with E-state index in [1.54, 1.807) is 23.6 Å². The van der Waals surface area contributed by atoms with Crippen molar-refractivity contribution in [1.29, 1.82) is 0 Å². The van der Waals surface area contributed by atoms with Gasteiger partial charge in [-0.05, 0) is 39.5 Å². The second-order valence-corrected chi connectivity index (χ2v) is 7.41. The summed E-state index contributed by atoms with van der Waals surface area (Å²) in [6.45, 7) is 0. The van der Waals surface area contributed by atoms with Gasteiger partial charge in [0.15, 0.2) is 0 Å². The molecule has 3 aromatic heterocycles. The summed E-state index contributed by atoms with van der Waals surface area (Å²) in [5, 5.41) is 12.3. The number of anilines is 1. The van der Waals surface area contributed by atoms with Gasteiger partial charge in [-0.1, -0.05) is 17.8 Å². The number of rotatable bonds is 6. The molecular weight excluding hydrogens is 398 g/mol. The van der Waals surface area contributed by atoms with Gasteiger partial charge in [0.25, 0.3) is 0 Å². The summed E-state index contributed by atoms with van der Waals surface area (Å²) in [5.74, 6) is 1.40. The molecule has 118 valence electrons. The Kier molecular flexibility index (Phi) is 5.42. The maximum absolute atomic E-state index is 11.9. The van der Waals surface area contributed by atoms with E-state index in [-0.39, 0.29) is 11.7 Å². The van der Waals surface area contributed by atoms with E-state index < -0.39 is 0 Å². The number of hydrogen-bond acceptors (Lipinski definition) is 6. The third-order valence-corrected chi connectivity index (χ3v) is 4.95. The van der Waals surface area contributed by atoms with E-state index in [4.69, 9.17) is 0 Å². The van der Waals surface area contributed by atoms with Crippen molar-refractivity contribution in [3.63, 3.8) is 0 Å². The molecule has 0 spiro atoms. The van der Waals surface area contributed by atoms with E-state index in [0.717, 1.165) is 16.7 Å². The third-order valence-electron chi connectivity index (χ3n) is 2.76. The van der Waals surface area contributed by atoms with Gasteiger partial charge in [-0.15, -0.1) is 16.4 Å². The first kappa shape index (κ1) is 16.2. The lowest BCUT2D eigenvalue weighted by Gasteiger charge is -2.02. The molecule has 9 heteroatoms. The van der Waals surface area contributed by atoms with Crippen LogP contribution in [0.25, 0.3) is 0 Å². The number of carbonyl (C=O) groups excluding carboxylic acids is 1. The van der Waals surface area contributed by atoms with Crippen molar-refractivity contribution in [1.82, 2.24) is 20.2 Å². The Morgan fingerprint density at radius 1 is 1.39 bits per heavy atom. The minimum Gasteiger partial charge on any atom is -0.310 e. The lowest BCUT2D eigenvalue weighted by Crippen LogP contribution is -2.14. The molecule has 0 bridgehead atoms. The van der Waals surface area contributed by atoms with Crippen LogP contribution >= 0.6 is 39.0 Å². The van der Waals surface area contributed by atoms with Crippen molar-refractivity contribution < 1.29 is 4.79 Å². The van der Waals surface area contributed by atoms with Crippen LogP contribution in [0, 0.1) is 0 Å². The Hall–Kier alpha value is -1.71. The fourth-order valence-corrected chi connectivity index (χ4v) is 3.32. The van der Waals surface area contributed by atoms with Crippen LogP contribution in [-0.4, -0.2) is 31.8 Å². The van der Waals surface area contributed by atoms with Gasteiger partial charge in [-0.25, -0.2) is 9.97 Å². The van der Waals surface area contributed by atoms with Crippen LogP contribution in [0.5, 0.6) is 0 Å². The van der Waals surface area contributed by atoms with E-state index in [9.17, 15) is 4.79 Å². The summed E-state index contributed by atoms with van der Waals surface area (Å²) in [7, 11) is 0. The SMILES string of the molecule is O=C(CSc1n[nH]c(Cc2cccs2)n1)Nc1ccc(Br)cn1. The lowest BCUT2D eigenvalue weighted by molar-refractivity contribution is -0.113. The predicted molar refractivity (Wildman–Crippen MR) is 94.8 cm³/mol. The molecule has 23 heavy (non-hydrogen) atoms. The van der Waals surface area contributed by atoms with E-state index >= 15 is 0 Å². The van der Waals surface area contributed by atoms with E-state index in [1.165, 1.54) is 16.6 Å². The third kappa shape index (κ3) is 4.88. The molecule has 0 fully saturated rings. The highest BCUT2D eigenvalue weighted by molar-refractivity contribution is 9.10. The van der Waals surface area contributed by atoms with Crippen molar-refractivity contribution in [3.05, 3.63) is 51.0 Å². The number of halogens is 1. The summed E-state index contributed by atoms with van der Waals surface area (Å²) in [4.78, 5) is 21.6. The Morgan fingerprint density at radius 3 is 3.04 bits per heavy atom. The molecular formula is C14H12BrN5OS2. The van der Waals surface area contributed by atoms with Crippen molar-refractivity contribution >= 4 is 50.8 Å². The average molecular weight is 410 g/mol. The normalized spacial score (nSPS) is 10.7. The van der Waals surface area contributed by atoms with Crippen molar-refractivity contribution in [2.75, 3.05) is 11.1 Å². The van der Waals surface area contributed by atoms with Crippen LogP contribution in [0.2, 0.25) is 0 Å². The Morgan fingerprint density at radius 2 is 2.30 bits per heavy atom. The summed E-state index contributed by atoms with van der Waals surface area (Å²) < 4.78 is 0.865. The minimum absolute atomic E-state index is 0.144. The first-order valence-electron chi connectivity index (χ1n) is 6.67. The molecule has 0 aliphatic carbocycles. The van der Waals surface area contributed by atoms with Gasteiger partial charge in [0, 0.05) is 22.0 Å². The number of amides is 1. The molecule has 0 saturated carbocycles. The molecule has 1 amide bonds. The predicted octanol–water partition coefficient (Wildman–Crippen LogP) is 3.35. The number of pyridine rings is 1. The van der Waals surface area contributed by atoms with Crippen LogP contribution in [0.3, 0.4) is 0 Å². The number of hydrogen-bond donors (Lipinski definition) is 2. The molecule has 6 nitrogen and oxygen atoms in total. The number of H-pyrrole nitrogens is 1.